The fourth-order valence-corrected chi connectivity index (χ4v) is 2.96. The van der Waals surface area contributed by atoms with Gasteiger partial charge in [0.2, 0.25) is 12.7 Å². The molecular weight excluding hydrogens is 258 g/mol. The molecule has 2 aliphatic rings. The van der Waals surface area contributed by atoms with Crippen LogP contribution in [-0.2, 0) is 4.79 Å². The van der Waals surface area contributed by atoms with Crippen molar-refractivity contribution in [3.63, 3.8) is 0 Å². The zero-order valence-corrected chi connectivity index (χ0v) is 11.2. The number of anilines is 2. The van der Waals surface area contributed by atoms with E-state index in [9.17, 15) is 4.79 Å². The van der Waals surface area contributed by atoms with Gasteiger partial charge in [0.25, 0.3) is 0 Å². The highest BCUT2D eigenvalue weighted by Gasteiger charge is 2.32. The molecule has 20 heavy (non-hydrogen) atoms. The molecule has 1 amide bonds. The molecular formula is C14H19N3O3. The number of nitrogen functional groups attached to an aromatic ring is 1. The Morgan fingerprint density at radius 1 is 1.30 bits per heavy atom. The van der Waals surface area contributed by atoms with Gasteiger partial charge in [-0.3, -0.25) is 4.79 Å². The lowest BCUT2D eigenvalue weighted by Gasteiger charge is -2.18. The van der Waals surface area contributed by atoms with E-state index in [-0.39, 0.29) is 24.5 Å². The fraction of sp³-hybridized carbons (Fsp3) is 0.500. The molecule has 6 heteroatoms. The van der Waals surface area contributed by atoms with Gasteiger partial charge < -0.3 is 26.3 Å². The van der Waals surface area contributed by atoms with Gasteiger partial charge >= 0.3 is 0 Å². The Bertz CT molecular complexity index is 533. The lowest BCUT2D eigenvalue weighted by Crippen LogP contribution is -2.30. The van der Waals surface area contributed by atoms with Gasteiger partial charge in [0.15, 0.2) is 11.5 Å². The van der Waals surface area contributed by atoms with Crippen molar-refractivity contribution in [1.82, 2.24) is 0 Å². The molecule has 1 aromatic carbocycles. The number of fused-ring (bicyclic) bond motifs is 1. The Morgan fingerprint density at radius 2 is 2.05 bits per heavy atom. The maximum Gasteiger partial charge on any atom is 0.231 e. The molecule has 0 radical (unpaired) electrons. The van der Waals surface area contributed by atoms with E-state index in [4.69, 9.17) is 20.9 Å². The summed E-state index contributed by atoms with van der Waals surface area (Å²) in [6.07, 6.45) is 2.96. The Hall–Kier alpha value is -1.95. The van der Waals surface area contributed by atoms with Gasteiger partial charge in [-0.25, -0.2) is 0 Å². The van der Waals surface area contributed by atoms with Crippen molar-refractivity contribution in [2.45, 2.75) is 19.3 Å². The van der Waals surface area contributed by atoms with Gasteiger partial charge in [-0.1, -0.05) is 6.42 Å². The highest BCUT2D eigenvalue weighted by Crippen LogP contribution is 2.39. The van der Waals surface area contributed by atoms with Crippen molar-refractivity contribution in [2.75, 3.05) is 24.4 Å². The van der Waals surface area contributed by atoms with Gasteiger partial charge in [0.05, 0.1) is 11.4 Å². The first-order chi connectivity index (χ1) is 9.69. The number of ether oxygens (including phenoxy) is 2. The van der Waals surface area contributed by atoms with E-state index in [2.05, 4.69) is 5.32 Å². The molecule has 5 N–H and O–H groups in total. The van der Waals surface area contributed by atoms with Gasteiger partial charge in [-0.2, -0.15) is 0 Å². The zero-order chi connectivity index (χ0) is 14.1. The van der Waals surface area contributed by atoms with Gasteiger partial charge in [-0.15, -0.1) is 0 Å². The monoisotopic (exact) mass is 277 g/mol. The summed E-state index contributed by atoms with van der Waals surface area (Å²) in [5, 5.41) is 2.89. The molecule has 1 saturated carbocycles. The molecule has 1 aliphatic carbocycles. The van der Waals surface area contributed by atoms with Crippen LogP contribution in [0.5, 0.6) is 11.5 Å². The second-order valence-corrected chi connectivity index (χ2v) is 5.32. The van der Waals surface area contributed by atoms with Gasteiger partial charge in [-0.05, 0) is 25.3 Å². The minimum atomic E-state index is -0.0233. The van der Waals surface area contributed by atoms with E-state index >= 15 is 0 Å². The molecule has 0 bridgehead atoms. The lowest BCUT2D eigenvalue weighted by molar-refractivity contribution is -0.120. The van der Waals surface area contributed by atoms with E-state index < -0.39 is 0 Å². The molecule has 0 aromatic heterocycles. The van der Waals surface area contributed by atoms with Crippen LogP contribution in [0.25, 0.3) is 0 Å². The van der Waals surface area contributed by atoms with Crippen LogP contribution >= 0.6 is 0 Å². The maximum atomic E-state index is 12.3. The zero-order valence-electron chi connectivity index (χ0n) is 11.2. The molecule has 3 rings (SSSR count). The number of carbonyl (C=O) groups is 1. The Balaban J connectivity index is 1.76. The summed E-state index contributed by atoms with van der Waals surface area (Å²) in [4.78, 5) is 12.3. The van der Waals surface area contributed by atoms with E-state index in [0.717, 1.165) is 19.3 Å². The summed E-state index contributed by atoms with van der Waals surface area (Å²) in [6, 6.07) is 3.38. The average Bonchev–Trinajstić information content (AvgIpc) is 3.06. The number of nitrogens with one attached hydrogen (secondary N) is 1. The molecule has 2 atom stereocenters. The van der Waals surface area contributed by atoms with Crippen molar-refractivity contribution < 1.29 is 14.3 Å². The Morgan fingerprint density at radius 3 is 2.80 bits per heavy atom. The number of benzene rings is 1. The third-order valence-electron chi connectivity index (χ3n) is 4.10. The summed E-state index contributed by atoms with van der Waals surface area (Å²) in [7, 11) is 0. The van der Waals surface area contributed by atoms with Crippen LogP contribution in [-0.4, -0.2) is 19.2 Å². The topological polar surface area (TPSA) is 99.6 Å². The fourth-order valence-electron chi connectivity index (χ4n) is 2.96. The largest absolute Gasteiger partial charge is 0.454 e. The molecule has 1 heterocycles. The van der Waals surface area contributed by atoms with Crippen LogP contribution in [0.4, 0.5) is 11.4 Å². The van der Waals surface area contributed by atoms with E-state index in [1.54, 1.807) is 12.1 Å². The van der Waals surface area contributed by atoms with Crippen molar-refractivity contribution in [2.24, 2.45) is 17.6 Å². The second kappa shape index (κ2) is 5.20. The molecule has 1 fully saturated rings. The summed E-state index contributed by atoms with van der Waals surface area (Å²) in [5.74, 6) is 1.45. The predicted octanol–water partition coefficient (Wildman–Crippen LogP) is 1.31. The van der Waals surface area contributed by atoms with Gasteiger partial charge in [0, 0.05) is 18.1 Å². The minimum Gasteiger partial charge on any atom is -0.454 e. The average molecular weight is 277 g/mol. The second-order valence-electron chi connectivity index (χ2n) is 5.32. The van der Waals surface area contributed by atoms with Crippen LogP contribution in [0.2, 0.25) is 0 Å². The molecule has 0 unspecified atom stereocenters. The first-order valence-electron chi connectivity index (χ1n) is 6.89. The standard InChI is InChI=1S/C14H19N3O3/c15-6-8-2-1-3-9(8)14(18)17-11-5-13-12(4-10(11)16)19-7-20-13/h4-5,8-9H,1-3,6-7,15-16H2,(H,17,18)/t8-,9-/m1/s1. The Labute approximate surface area is 117 Å². The lowest BCUT2D eigenvalue weighted by atomic mass is 9.95. The molecule has 1 aliphatic heterocycles. The number of amides is 1. The van der Waals surface area contributed by atoms with E-state index in [0.29, 0.717) is 29.4 Å². The number of carbonyl (C=O) groups excluding carboxylic acids is 1. The van der Waals surface area contributed by atoms with Crippen molar-refractivity contribution in [3.05, 3.63) is 12.1 Å². The number of hydrogen-bond donors (Lipinski definition) is 3. The quantitative estimate of drug-likeness (QED) is 0.723. The predicted molar refractivity (Wildman–Crippen MR) is 75.5 cm³/mol. The van der Waals surface area contributed by atoms with Crippen molar-refractivity contribution in [3.8, 4) is 11.5 Å². The first-order valence-corrected chi connectivity index (χ1v) is 6.89. The van der Waals surface area contributed by atoms with Crippen molar-refractivity contribution in [1.29, 1.82) is 0 Å². The van der Waals surface area contributed by atoms with Crippen LogP contribution in [0.3, 0.4) is 0 Å². The Kier molecular flexibility index (Phi) is 3.40. The summed E-state index contributed by atoms with van der Waals surface area (Å²) >= 11 is 0. The first kappa shape index (κ1) is 13.1. The number of hydrogen-bond acceptors (Lipinski definition) is 5. The minimum absolute atomic E-state index is 0.0106. The van der Waals surface area contributed by atoms with E-state index in [1.807, 2.05) is 0 Å². The van der Waals surface area contributed by atoms with Crippen LogP contribution in [0.15, 0.2) is 12.1 Å². The molecule has 0 saturated heterocycles. The summed E-state index contributed by atoms with van der Waals surface area (Å²) < 4.78 is 10.5. The SMILES string of the molecule is NC[C@H]1CCC[C@H]1C(=O)Nc1cc2c(cc1N)OCO2. The van der Waals surface area contributed by atoms with Crippen LogP contribution in [0.1, 0.15) is 19.3 Å². The number of nitrogens with two attached hydrogens (primary N) is 2. The van der Waals surface area contributed by atoms with Crippen LogP contribution in [0, 0.1) is 11.8 Å². The normalized spacial score (nSPS) is 23.9. The molecule has 108 valence electrons. The van der Waals surface area contributed by atoms with Crippen molar-refractivity contribution >= 4 is 17.3 Å². The highest BCUT2D eigenvalue weighted by atomic mass is 16.7. The summed E-state index contributed by atoms with van der Waals surface area (Å²) in [6.45, 7) is 0.735. The third-order valence-corrected chi connectivity index (χ3v) is 4.10. The molecule has 6 nitrogen and oxygen atoms in total. The van der Waals surface area contributed by atoms with Crippen LogP contribution < -0.4 is 26.3 Å². The smallest absolute Gasteiger partial charge is 0.231 e. The molecule has 1 aromatic rings. The maximum absolute atomic E-state index is 12.3. The summed E-state index contributed by atoms with van der Waals surface area (Å²) in [5.41, 5.74) is 12.7. The van der Waals surface area contributed by atoms with Gasteiger partial charge in [0.1, 0.15) is 0 Å². The highest BCUT2D eigenvalue weighted by molar-refractivity contribution is 5.96. The van der Waals surface area contributed by atoms with E-state index in [1.165, 1.54) is 0 Å². The number of rotatable bonds is 3. The molecule has 0 spiro atoms. The third kappa shape index (κ3) is 2.27.